The molecule has 2 rings (SSSR count). The second kappa shape index (κ2) is 8.50. The van der Waals surface area contributed by atoms with Crippen LogP contribution in [0.5, 0.6) is 0 Å². The highest BCUT2D eigenvalue weighted by molar-refractivity contribution is 6.30. The lowest BCUT2D eigenvalue weighted by atomic mass is 10.0. The molecule has 0 bridgehead atoms. The van der Waals surface area contributed by atoms with E-state index < -0.39 is 0 Å². The van der Waals surface area contributed by atoms with Gasteiger partial charge in [-0.15, -0.1) is 0 Å². The van der Waals surface area contributed by atoms with Crippen molar-refractivity contribution in [2.24, 2.45) is 0 Å². The minimum Gasteiger partial charge on any atom is -0.375 e. The molecule has 2 amide bonds. The van der Waals surface area contributed by atoms with Gasteiger partial charge in [0, 0.05) is 31.1 Å². The maximum absolute atomic E-state index is 12.0. The maximum atomic E-state index is 12.0. The van der Waals surface area contributed by atoms with Gasteiger partial charge in [-0.05, 0) is 42.3 Å². The van der Waals surface area contributed by atoms with Gasteiger partial charge in [0.25, 0.3) is 0 Å². The zero-order chi connectivity index (χ0) is 16.7. The Kier molecular flexibility index (Phi) is 6.38. The van der Waals surface area contributed by atoms with Crippen LogP contribution in [0.3, 0.4) is 0 Å². The second-order valence-electron chi connectivity index (χ2n) is 5.18. The Morgan fingerprint density at radius 1 is 1.22 bits per heavy atom. The summed E-state index contributed by atoms with van der Waals surface area (Å²) in [6.45, 7) is 2.34. The van der Waals surface area contributed by atoms with Gasteiger partial charge >= 0.3 is 6.03 Å². The summed E-state index contributed by atoms with van der Waals surface area (Å²) >= 11 is 5.90. The number of ether oxygens (including phenoxy) is 1. The van der Waals surface area contributed by atoms with Gasteiger partial charge in [-0.1, -0.05) is 23.7 Å². The van der Waals surface area contributed by atoms with Crippen LogP contribution < -0.4 is 10.6 Å². The molecule has 1 aromatic carbocycles. The molecule has 0 aliphatic carbocycles. The first-order chi connectivity index (χ1) is 11.1. The van der Waals surface area contributed by atoms with Crippen LogP contribution in [0.1, 0.15) is 24.2 Å². The van der Waals surface area contributed by atoms with E-state index in [9.17, 15) is 4.79 Å². The largest absolute Gasteiger partial charge is 0.375 e. The van der Waals surface area contributed by atoms with Crippen molar-refractivity contribution < 1.29 is 9.53 Å². The molecule has 2 N–H and O–H groups in total. The van der Waals surface area contributed by atoms with E-state index in [1.165, 1.54) is 0 Å². The molecule has 2 atom stereocenters. The van der Waals surface area contributed by atoms with Crippen LogP contribution in [0.15, 0.2) is 48.8 Å². The standard InChI is InChI=1S/C17H20ClN3O2/c1-12(16(23-2)14-3-5-15(18)6-4-14)21-17(22)20-11-13-7-9-19-10-8-13/h3-10,12,16H,11H2,1-2H3,(H2,20,21,22)/t12-,16+/m0/s1. The molecule has 0 saturated heterocycles. The molecule has 0 saturated carbocycles. The number of methoxy groups -OCH3 is 1. The van der Waals surface area contributed by atoms with Crippen molar-refractivity contribution in [1.29, 1.82) is 0 Å². The molecule has 0 aliphatic rings. The van der Waals surface area contributed by atoms with Crippen LogP contribution in [0, 0.1) is 0 Å². The minimum atomic E-state index is -0.251. The summed E-state index contributed by atoms with van der Waals surface area (Å²) in [5, 5.41) is 6.37. The van der Waals surface area contributed by atoms with Crippen molar-refractivity contribution >= 4 is 17.6 Å². The summed E-state index contributed by atoms with van der Waals surface area (Å²) in [6, 6.07) is 10.7. The number of hydrogen-bond acceptors (Lipinski definition) is 3. The zero-order valence-corrected chi connectivity index (χ0v) is 13.9. The van der Waals surface area contributed by atoms with Gasteiger partial charge in [-0.25, -0.2) is 4.79 Å². The predicted octanol–water partition coefficient (Wildman–Crippen LogP) is 3.31. The second-order valence-corrected chi connectivity index (χ2v) is 5.62. The SMILES string of the molecule is CO[C@@H](c1ccc(Cl)cc1)[C@H](C)NC(=O)NCc1ccncc1. The Bertz CT molecular complexity index is 619. The van der Waals surface area contributed by atoms with E-state index >= 15 is 0 Å². The Morgan fingerprint density at radius 3 is 2.48 bits per heavy atom. The summed E-state index contributed by atoms with van der Waals surface area (Å²) in [4.78, 5) is 16.0. The fourth-order valence-electron chi connectivity index (χ4n) is 2.30. The van der Waals surface area contributed by atoms with Crippen molar-refractivity contribution in [2.45, 2.75) is 25.6 Å². The monoisotopic (exact) mass is 333 g/mol. The highest BCUT2D eigenvalue weighted by Crippen LogP contribution is 2.22. The molecule has 2 aromatic rings. The van der Waals surface area contributed by atoms with E-state index in [0.717, 1.165) is 11.1 Å². The molecule has 0 fully saturated rings. The van der Waals surface area contributed by atoms with Gasteiger partial charge in [0.05, 0.1) is 6.04 Å². The number of nitrogens with zero attached hydrogens (tertiary/aromatic N) is 1. The Morgan fingerprint density at radius 2 is 1.87 bits per heavy atom. The molecule has 0 aliphatic heterocycles. The van der Waals surface area contributed by atoms with E-state index in [1.54, 1.807) is 31.6 Å². The molecular weight excluding hydrogens is 314 g/mol. The highest BCUT2D eigenvalue weighted by Gasteiger charge is 2.20. The number of halogens is 1. The van der Waals surface area contributed by atoms with E-state index in [-0.39, 0.29) is 18.2 Å². The van der Waals surface area contributed by atoms with E-state index in [2.05, 4.69) is 15.6 Å². The highest BCUT2D eigenvalue weighted by atomic mass is 35.5. The minimum absolute atomic E-state index is 0.196. The van der Waals surface area contributed by atoms with E-state index in [4.69, 9.17) is 16.3 Å². The Balaban J connectivity index is 1.89. The van der Waals surface area contributed by atoms with Crippen molar-refractivity contribution in [3.05, 3.63) is 64.9 Å². The third-order valence-electron chi connectivity index (χ3n) is 3.47. The summed E-state index contributed by atoms with van der Waals surface area (Å²) < 4.78 is 5.51. The number of carbonyl (C=O) groups is 1. The first-order valence-corrected chi connectivity index (χ1v) is 7.69. The average Bonchev–Trinajstić information content (AvgIpc) is 2.56. The van der Waals surface area contributed by atoms with Gasteiger partial charge in [0.15, 0.2) is 0 Å². The van der Waals surface area contributed by atoms with Crippen LogP contribution in [0.2, 0.25) is 5.02 Å². The molecule has 1 aromatic heterocycles. The maximum Gasteiger partial charge on any atom is 0.315 e. The number of pyridine rings is 1. The molecule has 0 unspecified atom stereocenters. The molecule has 1 heterocycles. The first-order valence-electron chi connectivity index (χ1n) is 7.31. The van der Waals surface area contributed by atoms with E-state index in [1.807, 2.05) is 31.2 Å². The topological polar surface area (TPSA) is 63.2 Å². The number of carbonyl (C=O) groups excluding carboxylic acids is 1. The molecule has 0 radical (unpaired) electrons. The third-order valence-corrected chi connectivity index (χ3v) is 3.72. The van der Waals surface area contributed by atoms with Gasteiger partial charge < -0.3 is 15.4 Å². The Labute approximate surface area is 141 Å². The van der Waals surface area contributed by atoms with Crippen molar-refractivity contribution in [3.8, 4) is 0 Å². The molecule has 122 valence electrons. The molecule has 6 heteroatoms. The number of aromatic nitrogens is 1. The summed E-state index contributed by atoms with van der Waals surface area (Å²) in [6.07, 6.45) is 3.14. The fourth-order valence-corrected chi connectivity index (χ4v) is 2.42. The summed E-state index contributed by atoms with van der Waals surface area (Å²) in [7, 11) is 1.62. The smallest absolute Gasteiger partial charge is 0.315 e. The lowest BCUT2D eigenvalue weighted by molar-refractivity contribution is 0.0762. The lowest BCUT2D eigenvalue weighted by Gasteiger charge is -2.24. The van der Waals surface area contributed by atoms with Gasteiger partial charge in [0.2, 0.25) is 0 Å². The number of amides is 2. The van der Waals surface area contributed by atoms with Crippen LogP contribution >= 0.6 is 11.6 Å². The zero-order valence-electron chi connectivity index (χ0n) is 13.1. The van der Waals surface area contributed by atoms with Gasteiger partial charge in [-0.2, -0.15) is 0 Å². The predicted molar refractivity (Wildman–Crippen MR) is 90.3 cm³/mol. The van der Waals surface area contributed by atoms with Crippen LogP contribution in [-0.4, -0.2) is 24.2 Å². The molecule has 23 heavy (non-hydrogen) atoms. The van der Waals surface area contributed by atoms with Gasteiger partial charge in [0.1, 0.15) is 6.10 Å². The average molecular weight is 334 g/mol. The number of rotatable bonds is 6. The summed E-state index contributed by atoms with van der Waals surface area (Å²) in [5.74, 6) is 0. The Hall–Kier alpha value is -2.11. The fraction of sp³-hybridized carbons (Fsp3) is 0.294. The molecule has 5 nitrogen and oxygen atoms in total. The normalized spacial score (nSPS) is 13.2. The van der Waals surface area contributed by atoms with Crippen molar-refractivity contribution in [2.75, 3.05) is 7.11 Å². The first kappa shape index (κ1) is 17.2. The summed E-state index contributed by atoms with van der Waals surface area (Å²) in [5.41, 5.74) is 1.95. The number of nitrogens with one attached hydrogen (secondary N) is 2. The lowest BCUT2D eigenvalue weighted by Crippen LogP contribution is -2.43. The van der Waals surface area contributed by atoms with Crippen LogP contribution in [0.4, 0.5) is 4.79 Å². The van der Waals surface area contributed by atoms with Gasteiger partial charge in [-0.3, -0.25) is 4.98 Å². The molecular formula is C17H20ClN3O2. The van der Waals surface area contributed by atoms with Crippen LogP contribution in [-0.2, 0) is 11.3 Å². The molecule has 0 spiro atoms. The van der Waals surface area contributed by atoms with Crippen molar-refractivity contribution in [1.82, 2.24) is 15.6 Å². The van der Waals surface area contributed by atoms with Crippen LogP contribution in [0.25, 0.3) is 0 Å². The van der Waals surface area contributed by atoms with Crippen molar-refractivity contribution in [3.63, 3.8) is 0 Å². The number of benzene rings is 1. The number of urea groups is 1. The van der Waals surface area contributed by atoms with E-state index in [0.29, 0.717) is 11.6 Å². The third kappa shape index (κ3) is 5.23. The number of hydrogen-bond donors (Lipinski definition) is 2. The quantitative estimate of drug-likeness (QED) is 0.852.